The monoisotopic (exact) mass is 470 g/mol. The molecule has 2 heterocycles. The van der Waals surface area contributed by atoms with Crippen LogP contribution >= 0.6 is 0 Å². The van der Waals surface area contributed by atoms with E-state index in [-0.39, 0.29) is 11.9 Å². The molecule has 6 heteroatoms. The van der Waals surface area contributed by atoms with E-state index in [1.807, 2.05) is 12.1 Å². The Morgan fingerprint density at radius 3 is 2.23 bits per heavy atom. The molecule has 1 aromatic heterocycles. The van der Waals surface area contributed by atoms with Crippen molar-refractivity contribution in [2.75, 3.05) is 52.5 Å². The Labute approximate surface area is 208 Å². The van der Waals surface area contributed by atoms with Gasteiger partial charge in [-0.15, -0.1) is 0 Å². The van der Waals surface area contributed by atoms with Crippen LogP contribution in [0.15, 0.2) is 91.3 Å². The van der Waals surface area contributed by atoms with Crippen LogP contribution in [0.3, 0.4) is 0 Å². The average molecular weight is 471 g/mol. The number of pyridine rings is 1. The lowest BCUT2D eigenvalue weighted by molar-refractivity contribution is -0.116. The number of aromatic nitrogens is 1. The molecule has 0 spiro atoms. The summed E-state index contributed by atoms with van der Waals surface area (Å²) in [6.07, 6.45) is 6.70. The number of carbonyl (C=O) groups excluding carboxylic acids is 1. The molecule has 4 rings (SSSR count). The topological polar surface area (TPSA) is 57.7 Å². The highest BCUT2D eigenvalue weighted by Crippen LogP contribution is 2.29. The van der Waals surface area contributed by atoms with Crippen LogP contribution in [0.2, 0.25) is 0 Å². The summed E-state index contributed by atoms with van der Waals surface area (Å²) in [5.41, 5.74) is 3.58. The van der Waals surface area contributed by atoms with E-state index in [2.05, 4.69) is 80.8 Å². The number of rotatable bonds is 11. The van der Waals surface area contributed by atoms with Gasteiger partial charge >= 0.3 is 0 Å². The fourth-order valence-corrected chi connectivity index (χ4v) is 4.38. The lowest BCUT2D eigenvalue weighted by Crippen LogP contribution is -2.48. The van der Waals surface area contributed by atoms with Gasteiger partial charge in [-0.05, 0) is 28.8 Å². The normalized spacial score (nSPS) is 15.0. The van der Waals surface area contributed by atoms with Crippen LogP contribution in [0.25, 0.3) is 6.08 Å². The zero-order chi connectivity index (χ0) is 24.1. The molecular formula is C29H34N4O2. The number of piperazine rings is 1. The summed E-state index contributed by atoms with van der Waals surface area (Å²) >= 11 is 0. The third kappa shape index (κ3) is 7.86. The number of hydrogen-bond donors (Lipinski definition) is 1. The van der Waals surface area contributed by atoms with Crippen molar-refractivity contribution < 1.29 is 9.53 Å². The Kier molecular flexibility index (Phi) is 9.59. The van der Waals surface area contributed by atoms with Gasteiger partial charge in [0.2, 0.25) is 5.91 Å². The van der Waals surface area contributed by atoms with Gasteiger partial charge in [0.25, 0.3) is 0 Å². The molecule has 0 bridgehead atoms. The molecule has 1 saturated heterocycles. The lowest BCUT2D eigenvalue weighted by atomic mass is 9.96. The maximum atomic E-state index is 11.9. The van der Waals surface area contributed by atoms with Crippen LogP contribution in [0, 0.1) is 0 Å². The molecule has 182 valence electrons. The number of amides is 1. The van der Waals surface area contributed by atoms with Crippen molar-refractivity contribution in [3.8, 4) is 0 Å². The van der Waals surface area contributed by atoms with Crippen LogP contribution in [0.1, 0.15) is 22.7 Å². The molecular weight excluding hydrogens is 436 g/mol. The predicted octanol–water partition coefficient (Wildman–Crippen LogP) is 3.63. The minimum Gasteiger partial charge on any atom is -0.378 e. The van der Waals surface area contributed by atoms with Gasteiger partial charge in [0, 0.05) is 57.7 Å². The smallest absolute Gasteiger partial charge is 0.244 e. The second-order valence-corrected chi connectivity index (χ2v) is 8.62. The Morgan fingerprint density at radius 2 is 1.60 bits per heavy atom. The van der Waals surface area contributed by atoms with Crippen LogP contribution in [-0.4, -0.2) is 73.2 Å². The van der Waals surface area contributed by atoms with E-state index >= 15 is 0 Å². The maximum Gasteiger partial charge on any atom is 0.244 e. The largest absolute Gasteiger partial charge is 0.378 e. The van der Waals surface area contributed by atoms with Crippen molar-refractivity contribution in [1.82, 2.24) is 20.1 Å². The molecule has 3 aromatic rings. The molecule has 1 aliphatic rings. The molecule has 0 unspecified atom stereocenters. The van der Waals surface area contributed by atoms with Crippen LogP contribution in [0.4, 0.5) is 0 Å². The highest BCUT2D eigenvalue weighted by atomic mass is 16.5. The third-order valence-electron chi connectivity index (χ3n) is 6.21. The van der Waals surface area contributed by atoms with E-state index in [0.717, 1.165) is 38.3 Å². The standard InChI is InChI=1S/C29H34N4O2/c34-28(14-13-25-8-7-15-30-24-25)31-16-22-35-23-21-32-17-19-33(20-18-32)29(26-9-3-1-4-10-26)27-11-5-2-6-12-27/h1-15,24,29H,16-23H2,(H,31,34). The highest BCUT2D eigenvalue weighted by molar-refractivity contribution is 5.91. The summed E-state index contributed by atoms with van der Waals surface area (Å²) in [6.45, 7) is 6.68. The number of hydrogen-bond acceptors (Lipinski definition) is 5. The van der Waals surface area contributed by atoms with Gasteiger partial charge in [-0.25, -0.2) is 0 Å². The predicted molar refractivity (Wildman–Crippen MR) is 140 cm³/mol. The fourth-order valence-electron chi connectivity index (χ4n) is 4.38. The van der Waals surface area contributed by atoms with Gasteiger partial charge in [0.15, 0.2) is 0 Å². The molecule has 6 nitrogen and oxygen atoms in total. The Bertz CT molecular complexity index is 997. The summed E-state index contributed by atoms with van der Waals surface area (Å²) in [5.74, 6) is -0.125. The van der Waals surface area contributed by atoms with Crippen LogP contribution in [-0.2, 0) is 9.53 Å². The molecule has 0 aliphatic carbocycles. The summed E-state index contributed by atoms with van der Waals surface area (Å²) < 4.78 is 5.76. The van der Waals surface area contributed by atoms with Gasteiger partial charge < -0.3 is 10.1 Å². The van der Waals surface area contributed by atoms with Crippen molar-refractivity contribution in [2.24, 2.45) is 0 Å². The van der Waals surface area contributed by atoms with Gasteiger partial charge in [-0.3, -0.25) is 19.6 Å². The highest BCUT2D eigenvalue weighted by Gasteiger charge is 2.26. The van der Waals surface area contributed by atoms with E-state index < -0.39 is 0 Å². The quantitative estimate of drug-likeness (QED) is 0.343. The first kappa shape index (κ1) is 24.8. The summed E-state index contributed by atoms with van der Waals surface area (Å²) in [5, 5.41) is 2.85. The first-order valence-corrected chi connectivity index (χ1v) is 12.3. The zero-order valence-electron chi connectivity index (χ0n) is 20.1. The van der Waals surface area contributed by atoms with Crippen LogP contribution in [0.5, 0.6) is 0 Å². The second kappa shape index (κ2) is 13.5. The molecule has 0 atom stereocenters. The van der Waals surface area contributed by atoms with Gasteiger partial charge in [-0.1, -0.05) is 66.7 Å². The van der Waals surface area contributed by atoms with Crippen LogP contribution < -0.4 is 5.32 Å². The number of nitrogens with zero attached hydrogens (tertiary/aromatic N) is 3. The SMILES string of the molecule is O=C(C=Cc1cccnc1)NCCOCCN1CCN(C(c2ccccc2)c2ccccc2)CC1. The number of benzene rings is 2. The maximum absolute atomic E-state index is 11.9. The molecule has 0 radical (unpaired) electrons. The molecule has 1 amide bonds. The van der Waals surface area contributed by atoms with E-state index in [9.17, 15) is 4.79 Å². The number of nitrogens with one attached hydrogen (secondary N) is 1. The molecule has 35 heavy (non-hydrogen) atoms. The van der Waals surface area contributed by atoms with E-state index in [1.54, 1.807) is 18.5 Å². The lowest BCUT2D eigenvalue weighted by Gasteiger charge is -2.39. The van der Waals surface area contributed by atoms with Crippen molar-refractivity contribution in [3.63, 3.8) is 0 Å². The van der Waals surface area contributed by atoms with Crippen molar-refractivity contribution >= 4 is 12.0 Å². The fraction of sp³-hybridized carbons (Fsp3) is 0.310. The summed E-state index contributed by atoms with van der Waals surface area (Å²) in [4.78, 5) is 21.0. The Hall–Kier alpha value is -3.32. The van der Waals surface area contributed by atoms with E-state index in [1.165, 1.54) is 17.2 Å². The second-order valence-electron chi connectivity index (χ2n) is 8.62. The molecule has 1 aliphatic heterocycles. The number of carbonyl (C=O) groups is 1. The molecule has 2 aromatic carbocycles. The first-order chi connectivity index (χ1) is 17.3. The third-order valence-corrected chi connectivity index (χ3v) is 6.21. The zero-order valence-corrected chi connectivity index (χ0v) is 20.1. The average Bonchev–Trinajstić information content (AvgIpc) is 2.92. The minimum atomic E-state index is -0.125. The molecule has 1 fully saturated rings. The Balaban J connectivity index is 1.14. The van der Waals surface area contributed by atoms with E-state index in [4.69, 9.17) is 4.74 Å². The van der Waals surface area contributed by atoms with Gasteiger partial charge in [0.05, 0.1) is 19.3 Å². The first-order valence-electron chi connectivity index (χ1n) is 12.3. The Morgan fingerprint density at radius 1 is 0.914 bits per heavy atom. The minimum absolute atomic E-state index is 0.125. The molecule has 1 N–H and O–H groups in total. The van der Waals surface area contributed by atoms with Crippen molar-refractivity contribution in [1.29, 1.82) is 0 Å². The number of ether oxygens (including phenoxy) is 1. The summed E-state index contributed by atoms with van der Waals surface area (Å²) in [7, 11) is 0. The van der Waals surface area contributed by atoms with E-state index in [0.29, 0.717) is 19.8 Å². The summed E-state index contributed by atoms with van der Waals surface area (Å²) in [6, 6.07) is 25.6. The van der Waals surface area contributed by atoms with Gasteiger partial charge in [-0.2, -0.15) is 0 Å². The van der Waals surface area contributed by atoms with Crippen molar-refractivity contribution in [2.45, 2.75) is 6.04 Å². The van der Waals surface area contributed by atoms with Gasteiger partial charge in [0.1, 0.15) is 0 Å². The van der Waals surface area contributed by atoms with Crippen molar-refractivity contribution in [3.05, 3.63) is 108 Å². The molecule has 0 saturated carbocycles.